The smallest absolute Gasteiger partial charge is 0.414 e. The van der Waals surface area contributed by atoms with Gasteiger partial charge in [-0.3, -0.25) is 19.5 Å². The predicted molar refractivity (Wildman–Crippen MR) is 123 cm³/mol. The van der Waals surface area contributed by atoms with Crippen LogP contribution in [0.3, 0.4) is 0 Å². The maximum absolute atomic E-state index is 14.9. The number of amides is 3. The Morgan fingerprint density at radius 2 is 2.06 bits per heavy atom. The van der Waals surface area contributed by atoms with E-state index in [0.29, 0.717) is 26.2 Å². The first kappa shape index (κ1) is 23.1. The van der Waals surface area contributed by atoms with Crippen LogP contribution in [-0.2, 0) is 14.3 Å². The summed E-state index contributed by atoms with van der Waals surface area (Å²) in [6.07, 6.45) is 6.85. The van der Waals surface area contributed by atoms with Crippen molar-refractivity contribution in [2.45, 2.75) is 13.0 Å². The van der Waals surface area contributed by atoms with Crippen molar-refractivity contribution in [1.82, 2.24) is 20.2 Å². The van der Waals surface area contributed by atoms with E-state index in [9.17, 15) is 18.8 Å². The number of hydrogen-bond donors (Lipinski definition) is 1. The van der Waals surface area contributed by atoms with Gasteiger partial charge in [-0.15, -0.1) is 0 Å². The van der Waals surface area contributed by atoms with E-state index in [1.54, 1.807) is 34.3 Å². The Morgan fingerprint density at radius 1 is 1.26 bits per heavy atom. The van der Waals surface area contributed by atoms with Gasteiger partial charge in [0, 0.05) is 57.6 Å². The predicted octanol–water partition coefficient (Wildman–Crippen LogP) is 1.44. The van der Waals surface area contributed by atoms with Crippen molar-refractivity contribution in [1.29, 1.82) is 0 Å². The van der Waals surface area contributed by atoms with Gasteiger partial charge in [0.15, 0.2) is 11.6 Å². The van der Waals surface area contributed by atoms with Crippen LogP contribution < -0.4 is 15.1 Å². The highest BCUT2D eigenvalue weighted by Gasteiger charge is 2.33. The molecule has 0 aromatic carbocycles. The molecule has 11 heteroatoms. The van der Waals surface area contributed by atoms with Crippen LogP contribution in [0, 0.1) is 5.82 Å². The van der Waals surface area contributed by atoms with Crippen LogP contribution in [-0.4, -0.2) is 78.1 Å². The fourth-order valence-electron chi connectivity index (χ4n) is 3.78. The van der Waals surface area contributed by atoms with Crippen LogP contribution in [0.25, 0.3) is 6.08 Å². The zero-order chi connectivity index (χ0) is 24.1. The SMILES string of the molecule is CC(=O)NC[C@H]1CN(c2cnc(N3CCN(C(=O)/C=C/c4cccnc4)CC3)c(F)c2)C(=O)O1. The molecule has 0 unspecified atom stereocenters. The number of ether oxygens (including phenoxy) is 1. The molecule has 2 saturated heterocycles. The molecule has 0 saturated carbocycles. The summed E-state index contributed by atoms with van der Waals surface area (Å²) in [5.74, 6) is -0.734. The molecule has 4 heterocycles. The monoisotopic (exact) mass is 468 g/mol. The number of pyridine rings is 2. The molecule has 0 radical (unpaired) electrons. The van der Waals surface area contributed by atoms with Crippen molar-refractivity contribution in [3.8, 4) is 0 Å². The van der Waals surface area contributed by atoms with E-state index in [2.05, 4.69) is 15.3 Å². The molecule has 0 aliphatic carbocycles. The molecule has 2 aliphatic heterocycles. The van der Waals surface area contributed by atoms with Crippen molar-refractivity contribution >= 4 is 35.5 Å². The van der Waals surface area contributed by atoms with Gasteiger partial charge in [0.1, 0.15) is 6.10 Å². The molecular weight excluding hydrogens is 443 g/mol. The van der Waals surface area contributed by atoms with Crippen LogP contribution in [0.2, 0.25) is 0 Å². The summed E-state index contributed by atoms with van der Waals surface area (Å²) in [5, 5.41) is 2.60. The first-order valence-corrected chi connectivity index (χ1v) is 10.9. The van der Waals surface area contributed by atoms with Gasteiger partial charge in [-0.2, -0.15) is 0 Å². The number of anilines is 2. The number of rotatable bonds is 6. The van der Waals surface area contributed by atoms with E-state index < -0.39 is 18.0 Å². The molecule has 3 amide bonds. The summed E-state index contributed by atoms with van der Waals surface area (Å²) >= 11 is 0. The fourth-order valence-corrected chi connectivity index (χ4v) is 3.78. The lowest BCUT2D eigenvalue weighted by Gasteiger charge is -2.35. The van der Waals surface area contributed by atoms with E-state index in [4.69, 9.17) is 4.74 Å². The third-order valence-electron chi connectivity index (χ3n) is 5.57. The average Bonchev–Trinajstić information content (AvgIpc) is 3.22. The minimum absolute atomic E-state index is 0.117. The highest BCUT2D eigenvalue weighted by atomic mass is 19.1. The topological polar surface area (TPSA) is 108 Å². The maximum Gasteiger partial charge on any atom is 0.414 e. The molecule has 2 aromatic heterocycles. The van der Waals surface area contributed by atoms with Crippen molar-refractivity contribution in [2.24, 2.45) is 0 Å². The van der Waals surface area contributed by atoms with E-state index in [0.717, 1.165) is 5.56 Å². The quantitative estimate of drug-likeness (QED) is 0.639. The molecule has 2 aliphatic rings. The van der Waals surface area contributed by atoms with Gasteiger partial charge < -0.3 is 19.9 Å². The molecule has 0 bridgehead atoms. The molecule has 10 nitrogen and oxygen atoms in total. The van der Waals surface area contributed by atoms with E-state index >= 15 is 0 Å². The number of piperazine rings is 1. The van der Waals surface area contributed by atoms with Gasteiger partial charge >= 0.3 is 6.09 Å². The molecule has 178 valence electrons. The zero-order valence-corrected chi connectivity index (χ0v) is 18.7. The minimum atomic E-state index is -0.615. The Balaban J connectivity index is 1.33. The zero-order valence-electron chi connectivity index (χ0n) is 18.7. The van der Waals surface area contributed by atoms with Gasteiger partial charge in [-0.25, -0.2) is 14.2 Å². The first-order chi connectivity index (χ1) is 16.4. The summed E-state index contributed by atoms with van der Waals surface area (Å²) in [6, 6.07) is 4.91. The first-order valence-electron chi connectivity index (χ1n) is 10.9. The van der Waals surface area contributed by atoms with Crippen LogP contribution in [0.1, 0.15) is 12.5 Å². The third-order valence-corrected chi connectivity index (χ3v) is 5.57. The minimum Gasteiger partial charge on any atom is -0.442 e. The lowest BCUT2D eigenvalue weighted by atomic mass is 10.2. The summed E-state index contributed by atoms with van der Waals surface area (Å²) in [7, 11) is 0. The average molecular weight is 468 g/mol. The van der Waals surface area contributed by atoms with Crippen molar-refractivity contribution < 1.29 is 23.5 Å². The number of carbonyl (C=O) groups is 3. The van der Waals surface area contributed by atoms with E-state index in [1.165, 1.54) is 30.2 Å². The third kappa shape index (κ3) is 5.48. The Bertz CT molecular complexity index is 1090. The lowest BCUT2D eigenvalue weighted by Crippen LogP contribution is -2.48. The molecule has 1 N–H and O–H groups in total. The number of aromatic nitrogens is 2. The summed E-state index contributed by atoms with van der Waals surface area (Å²) in [5.41, 5.74) is 1.12. The van der Waals surface area contributed by atoms with Crippen molar-refractivity contribution in [3.63, 3.8) is 0 Å². The Morgan fingerprint density at radius 3 is 2.74 bits per heavy atom. The van der Waals surface area contributed by atoms with Gasteiger partial charge in [0.05, 0.1) is 25.0 Å². The highest BCUT2D eigenvalue weighted by Crippen LogP contribution is 2.26. The summed E-state index contributed by atoms with van der Waals surface area (Å²) in [4.78, 5) is 48.7. The standard InChI is InChI=1S/C23H25FN6O4/c1-16(31)26-14-19-15-30(23(33)34-19)18-11-20(24)22(27-13-18)29-9-7-28(8-10-29)21(32)5-4-17-3-2-6-25-12-17/h2-6,11-13,19H,7-10,14-15H2,1H3,(H,26,31)/b5-4+/t19-/m0/s1. The van der Waals surface area contributed by atoms with Crippen molar-refractivity contribution in [3.05, 3.63) is 54.2 Å². The highest BCUT2D eigenvalue weighted by molar-refractivity contribution is 5.92. The number of halogens is 1. The van der Waals surface area contributed by atoms with Gasteiger partial charge in [-0.1, -0.05) is 6.07 Å². The number of carbonyl (C=O) groups excluding carboxylic acids is 3. The Hall–Kier alpha value is -4.02. The van der Waals surface area contributed by atoms with E-state index in [1.807, 2.05) is 6.07 Å². The normalized spacial score (nSPS) is 18.4. The Kier molecular flexibility index (Phi) is 7.00. The van der Waals surface area contributed by atoms with Gasteiger partial charge in [-0.05, 0) is 17.7 Å². The second kappa shape index (κ2) is 10.3. The molecule has 1 atom stereocenters. The molecular formula is C23H25FN6O4. The number of cyclic esters (lactones) is 1. The molecule has 2 fully saturated rings. The van der Waals surface area contributed by atoms with Crippen LogP contribution >= 0.6 is 0 Å². The Labute approximate surface area is 196 Å². The molecule has 2 aromatic rings. The molecule has 0 spiro atoms. The van der Waals surface area contributed by atoms with Gasteiger partial charge in [0.2, 0.25) is 11.8 Å². The maximum atomic E-state index is 14.9. The molecule has 34 heavy (non-hydrogen) atoms. The van der Waals surface area contributed by atoms with Gasteiger partial charge in [0.25, 0.3) is 0 Å². The van der Waals surface area contributed by atoms with Crippen LogP contribution in [0.5, 0.6) is 0 Å². The van der Waals surface area contributed by atoms with Crippen molar-refractivity contribution in [2.75, 3.05) is 49.1 Å². The second-order valence-electron chi connectivity index (χ2n) is 7.98. The van der Waals surface area contributed by atoms with Crippen LogP contribution in [0.4, 0.5) is 20.7 Å². The fraction of sp³-hybridized carbons (Fsp3) is 0.348. The second-order valence-corrected chi connectivity index (χ2v) is 7.98. The summed E-state index contributed by atoms with van der Waals surface area (Å²) < 4.78 is 20.1. The van der Waals surface area contributed by atoms with E-state index in [-0.39, 0.29) is 36.4 Å². The molecule has 4 rings (SSSR count). The lowest BCUT2D eigenvalue weighted by molar-refractivity contribution is -0.126. The summed E-state index contributed by atoms with van der Waals surface area (Å²) in [6.45, 7) is 3.48. The number of nitrogens with one attached hydrogen (secondary N) is 1. The number of hydrogen-bond acceptors (Lipinski definition) is 7. The number of nitrogens with zero attached hydrogens (tertiary/aromatic N) is 5. The van der Waals surface area contributed by atoms with Crippen LogP contribution in [0.15, 0.2) is 42.9 Å². The largest absolute Gasteiger partial charge is 0.442 e.